The summed E-state index contributed by atoms with van der Waals surface area (Å²) in [5.41, 5.74) is 3.54. The number of fused-ring (bicyclic) bond motifs is 1. The summed E-state index contributed by atoms with van der Waals surface area (Å²) < 4.78 is 8.18. The van der Waals surface area contributed by atoms with Crippen molar-refractivity contribution >= 4 is 28.6 Å². The quantitative estimate of drug-likeness (QED) is 0.347. The Bertz CT molecular complexity index is 1030. The van der Waals surface area contributed by atoms with Crippen molar-refractivity contribution in [3.05, 3.63) is 47.5 Å². The van der Waals surface area contributed by atoms with Crippen LogP contribution >= 0.6 is 11.8 Å². The van der Waals surface area contributed by atoms with Crippen molar-refractivity contribution in [2.24, 2.45) is 5.92 Å². The number of imidazole rings is 1. The number of ketones is 1. The van der Waals surface area contributed by atoms with Gasteiger partial charge in [0, 0.05) is 30.0 Å². The van der Waals surface area contributed by atoms with Crippen LogP contribution in [0.4, 0.5) is 0 Å². The lowest BCUT2D eigenvalue weighted by atomic mass is 9.98. The highest BCUT2D eigenvalue weighted by Gasteiger charge is 2.15. The average molecular weight is 427 g/mol. The van der Waals surface area contributed by atoms with Gasteiger partial charge in [-0.15, -0.1) is 0 Å². The number of hydrogen-bond acceptors (Lipinski definition) is 5. The van der Waals surface area contributed by atoms with Crippen LogP contribution in [0, 0.1) is 12.8 Å². The van der Waals surface area contributed by atoms with Gasteiger partial charge in [-0.3, -0.25) is 4.79 Å². The highest BCUT2D eigenvalue weighted by molar-refractivity contribution is 7.98. The Balaban J connectivity index is 1.55. The second kappa shape index (κ2) is 10.0. The summed E-state index contributed by atoms with van der Waals surface area (Å²) >= 11 is 1.66. The zero-order valence-corrected chi connectivity index (χ0v) is 19.0. The number of Topliss-reactive ketones (excluding diaryl/α,β-unsaturated/α-hetero) is 1. The van der Waals surface area contributed by atoms with Crippen molar-refractivity contribution in [1.29, 1.82) is 0 Å². The van der Waals surface area contributed by atoms with Gasteiger partial charge < -0.3 is 14.4 Å². The number of rotatable bonds is 10. The fourth-order valence-electron chi connectivity index (χ4n) is 3.41. The van der Waals surface area contributed by atoms with Crippen LogP contribution in [0.1, 0.15) is 37.8 Å². The maximum Gasteiger partial charge on any atom is 0.168 e. The fourth-order valence-corrected chi connectivity index (χ4v) is 4.01. The molecule has 0 fully saturated rings. The van der Waals surface area contributed by atoms with E-state index in [1.54, 1.807) is 17.8 Å². The van der Waals surface area contributed by atoms with Crippen molar-refractivity contribution in [2.45, 2.75) is 51.7 Å². The number of phenolic OH excluding ortho intramolecular Hbond substituents is 1. The Morgan fingerprint density at radius 2 is 1.97 bits per heavy atom. The molecule has 0 spiro atoms. The molecule has 0 aliphatic rings. The third kappa shape index (κ3) is 4.98. The number of phenols is 1. The van der Waals surface area contributed by atoms with Crippen molar-refractivity contribution in [3.63, 3.8) is 0 Å². The number of aromatic hydroxyl groups is 1. The first-order valence-corrected chi connectivity index (χ1v) is 11.6. The number of unbranched alkanes of at least 4 members (excludes halogenated alkanes) is 1. The van der Waals surface area contributed by atoms with E-state index < -0.39 is 0 Å². The molecule has 30 heavy (non-hydrogen) atoms. The van der Waals surface area contributed by atoms with Gasteiger partial charge in [-0.2, -0.15) is 0 Å². The monoisotopic (exact) mass is 426 g/mol. The minimum absolute atomic E-state index is 0.0418. The maximum absolute atomic E-state index is 12.0. The summed E-state index contributed by atoms with van der Waals surface area (Å²) in [5, 5.41) is 11.5. The van der Waals surface area contributed by atoms with E-state index in [9.17, 15) is 9.90 Å². The van der Waals surface area contributed by atoms with Gasteiger partial charge in [0.1, 0.15) is 17.3 Å². The topological polar surface area (TPSA) is 64.4 Å². The molecule has 0 amide bonds. The molecule has 0 unspecified atom stereocenters. The standard InChI is InChI=1S/C24H30N2O3S/c1-16(2)21(27)15-18-11-12-22(17(3)23(18)28)29-14-8-7-13-26-20-10-6-5-9-19(20)25-24(26)30-4/h5-6,9-12,16,28H,7-8,13-15H2,1-4H3. The Hall–Kier alpha value is -2.47. The van der Waals surface area contributed by atoms with Crippen LogP contribution in [0.5, 0.6) is 11.5 Å². The number of nitrogens with zero attached hydrogens (tertiary/aromatic N) is 2. The molecule has 2 aromatic carbocycles. The predicted molar refractivity (Wildman–Crippen MR) is 123 cm³/mol. The SMILES string of the molecule is CSc1nc2ccccc2n1CCCCOc1ccc(CC(=O)C(C)C)c(O)c1C. The van der Waals surface area contributed by atoms with Crippen molar-refractivity contribution < 1.29 is 14.6 Å². The van der Waals surface area contributed by atoms with Crippen molar-refractivity contribution in [3.8, 4) is 11.5 Å². The van der Waals surface area contributed by atoms with Crippen LogP contribution < -0.4 is 4.74 Å². The first-order valence-electron chi connectivity index (χ1n) is 10.4. The molecule has 3 rings (SSSR count). The molecule has 6 heteroatoms. The number of carbonyl (C=O) groups is 1. The molecule has 0 atom stereocenters. The summed E-state index contributed by atoms with van der Waals surface area (Å²) in [4.78, 5) is 16.7. The number of aryl methyl sites for hydroxylation is 1. The van der Waals surface area contributed by atoms with Crippen molar-refractivity contribution in [1.82, 2.24) is 9.55 Å². The normalized spacial score (nSPS) is 11.4. The number of hydrogen-bond donors (Lipinski definition) is 1. The summed E-state index contributed by atoms with van der Waals surface area (Å²) in [6, 6.07) is 11.9. The molecule has 0 aliphatic heterocycles. The van der Waals surface area contributed by atoms with E-state index in [0.717, 1.165) is 35.6 Å². The Labute approximate surface area is 182 Å². The van der Waals surface area contributed by atoms with Crippen LogP contribution in [0.15, 0.2) is 41.6 Å². The summed E-state index contributed by atoms with van der Waals surface area (Å²) in [7, 11) is 0. The van der Waals surface area contributed by atoms with Crippen molar-refractivity contribution in [2.75, 3.05) is 12.9 Å². The molecular formula is C24H30N2O3S. The molecule has 1 N–H and O–H groups in total. The number of benzene rings is 2. The molecule has 5 nitrogen and oxygen atoms in total. The van der Waals surface area contributed by atoms with Crippen LogP contribution in [0.25, 0.3) is 11.0 Å². The van der Waals surface area contributed by atoms with Gasteiger partial charge in [-0.1, -0.05) is 43.8 Å². The van der Waals surface area contributed by atoms with E-state index in [1.807, 2.05) is 45.0 Å². The lowest BCUT2D eigenvalue weighted by molar-refractivity contribution is -0.121. The molecular weight excluding hydrogens is 396 g/mol. The van der Waals surface area contributed by atoms with E-state index in [1.165, 1.54) is 0 Å². The Kier molecular flexibility index (Phi) is 7.43. The van der Waals surface area contributed by atoms with Gasteiger partial charge >= 0.3 is 0 Å². The number of aromatic nitrogens is 2. The number of thioether (sulfide) groups is 1. The molecule has 0 aliphatic carbocycles. The first-order chi connectivity index (χ1) is 14.4. The number of carbonyl (C=O) groups excluding carboxylic acids is 1. The predicted octanol–water partition coefficient (Wildman–Crippen LogP) is 5.40. The summed E-state index contributed by atoms with van der Waals surface area (Å²) in [5.74, 6) is 0.914. The molecule has 1 aromatic heterocycles. The first kappa shape index (κ1) is 22.2. The molecule has 1 heterocycles. The maximum atomic E-state index is 12.0. The number of ether oxygens (including phenoxy) is 1. The second-order valence-corrected chi connectivity index (χ2v) is 8.56. The average Bonchev–Trinajstić information content (AvgIpc) is 3.10. The van der Waals surface area contributed by atoms with E-state index in [2.05, 4.69) is 21.9 Å². The van der Waals surface area contributed by atoms with E-state index >= 15 is 0 Å². The summed E-state index contributed by atoms with van der Waals surface area (Å²) in [6.45, 7) is 7.04. The third-order valence-corrected chi connectivity index (χ3v) is 5.99. The zero-order valence-electron chi connectivity index (χ0n) is 18.1. The third-order valence-electron chi connectivity index (χ3n) is 5.31. The second-order valence-electron chi connectivity index (χ2n) is 7.79. The molecule has 0 saturated carbocycles. The molecule has 0 bridgehead atoms. The van der Waals surface area contributed by atoms with Crippen LogP contribution in [-0.4, -0.2) is 33.3 Å². The fraction of sp³-hybridized carbons (Fsp3) is 0.417. The lowest BCUT2D eigenvalue weighted by Crippen LogP contribution is -2.10. The molecule has 0 saturated heterocycles. The largest absolute Gasteiger partial charge is 0.507 e. The van der Waals surface area contributed by atoms with Gasteiger partial charge in [0.15, 0.2) is 5.16 Å². The smallest absolute Gasteiger partial charge is 0.168 e. The zero-order chi connectivity index (χ0) is 21.7. The molecule has 160 valence electrons. The van der Waals surface area contributed by atoms with Gasteiger partial charge in [-0.05, 0) is 44.2 Å². The van der Waals surface area contributed by atoms with E-state index in [4.69, 9.17) is 4.74 Å². The van der Waals surface area contributed by atoms with E-state index in [0.29, 0.717) is 23.5 Å². The van der Waals surface area contributed by atoms with Crippen LogP contribution in [-0.2, 0) is 17.8 Å². The molecule has 0 radical (unpaired) electrons. The highest BCUT2D eigenvalue weighted by Crippen LogP contribution is 2.31. The summed E-state index contributed by atoms with van der Waals surface area (Å²) in [6.07, 6.45) is 4.17. The lowest BCUT2D eigenvalue weighted by Gasteiger charge is -2.14. The minimum atomic E-state index is -0.0418. The van der Waals surface area contributed by atoms with Crippen LogP contribution in [0.3, 0.4) is 0 Å². The van der Waals surface area contributed by atoms with Gasteiger partial charge in [0.05, 0.1) is 17.6 Å². The van der Waals surface area contributed by atoms with Crippen LogP contribution in [0.2, 0.25) is 0 Å². The van der Waals surface area contributed by atoms with Gasteiger partial charge in [-0.25, -0.2) is 4.98 Å². The minimum Gasteiger partial charge on any atom is -0.507 e. The Morgan fingerprint density at radius 1 is 1.20 bits per heavy atom. The number of para-hydroxylation sites is 2. The van der Waals surface area contributed by atoms with Gasteiger partial charge in [0.2, 0.25) is 0 Å². The van der Waals surface area contributed by atoms with E-state index in [-0.39, 0.29) is 23.9 Å². The Morgan fingerprint density at radius 3 is 2.70 bits per heavy atom. The highest BCUT2D eigenvalue weighted by atomic mass is 32.2. The molecule has 3 aromatic rings. The van der Waals surface area contributed by atoms with Gasteiger partial charge in [0.25, 0.3) is 0 Å².